The summed E-state index contributed by atoms with van der Waals surface area (Å²) in [5.74, 6) is -0.350. The Morgan fingerprint density at radius 1 is 1.12 bits per heavy atom. The predicted molar refractivity (Wildman–Crippen MR) is 100 cm³/mol. The van der Waals surface area contributed by atoms with Crippen LogP contribution in [-0.2, 0) is 13.0 Å². The maximum absolute atomic E-state index is 12.9. The van der Waals surface area contributed by atoms with Gasteiger partial charge in [0.1, 0.15) is 5.56 Å². The predicted octanol–water partition coefficient (Wildman–Crippen LogP) is 3.82. The summed E-state index contributed by atoms with van der Waals surface area (Å²) in [5.41, 5.74) is 5.02. The number of amides is 1. The quantitative estimate of drug-likeness (QED) is 0.776. The summed E-state index contributed by atoms with van der Waals surface area (Å²) >= 11 is 0. The minimum atomic E-state index is -0.350. The van der Waals surface area contributed by atoms with Gasteiger partial charge in [-0.3, -0.25) is 9.59 Å². The highest BCUT2D eigenvalue weighted by Crippen LogP contribution is 2.24. The normalized spacial score (nSPS) is 13.0. The standard InChI is InChI=1S/C21H20N2O2/c1-13-9-14(2)11-16(10-13)22-21(25)18-12-23-8-4-6-15-5-3-7-17(19(15)23)20(18)24/h3,5,7,9-12H,4,6,8H2,1-2H3,(H,22,25). The molecule has 25 heavy (non-hydrogen) atoms. The number of anilines is 1. The topological polar surface area (TPSA) is 51.1 Å². The van der Waals surface area contributed by atoms with Gasteiger partial charge in [0.05, 0.1) is 5.52 Å². The Balaban J connectivity index is 1.80. The molecule has 0 radical (unpaired) electrons. The van der Waals surface area contributed by atoms with Gasteiger partial charge in [0.25, 0.3) is 5.91 Å². The Morgan fingerprint density at radius 3 is 2.64 bits per heavy atom. The van der Waals surface area contributed by atoms with E-state index >= 15 is 0 Å². The smallest absolute Gasteiger partial charge is 0.261 e. The van der Waals surface area contributed by atoms with Crippen LogP contribution >= 0.6 is 0 Å². The molecule has 0 saturated heterocycles. The van der Waals surface area contributed by atoms with E-state index in [9.17, 15) is 9.59 Å². The lowest BCUT2D eigenvalue weighted by Crippen LogP contribution is -2.25. The van der Waals surface area contributed by atoms with Crippen molar-refractivity contribution in [3.05, 3.63) is 75.1 Å². The Morgan fingerprint density at radius 2 is 1.88 bits per heavy atom. The van der Waals surface area contributed by atoms with Crippen LogP contribution in [0.4, 0.5) is 5.69 Å². The molecule has 0 unspecified atom stereocenters. The van der Waals surface area contributed by atoms with E-state index in [1.807, 2.05) is 48.7 Å². The molecule has 0 spiro atoms. The molecular weight excluding hydrogens is 312 g/mol. The first-order valence-corrected chi connectivity index (χ1v) is 8.57. The Hall–Kier alpha value is -2.88. The van der Waals surface area contributed by atoms with E-state index in [2.05, 4.69) is 11.4 Å². The third-order valence-corrected chi connectivity index (χ3v) is 4.75. The Labute approximate surface area is 146 Å². The fourth-order valence-corrected chi connectivity index (χ4v) is 3.76. The van der Waals surface area contributed by atoms with Crippen LogP contribution in [0.5, 0.6) is 0 Å². The number of aryl methyl sites for hydroxylation is 4. The molecule has 1 aliphatic heterocycles. The average molecular weight is 332 g/mol. The van der Waals surface area contributed by atoms with Crippen LogP contribution < -0.4 is 10.7 Å². The van der Waals surface area contributed by atoms with Gasteiger partial charge in [0, 0.05) is 23.8 Å². The number of pyridine rings is 1. The van der Waals surface area contributed by atoms with Crippen molar-refractivity contribution in [3.63, 3.8) is 0 Å². The van der Waals surface area contributed by atoms with E-state index in [4.69, 9.17) is 0 Å². The third kappa shape index (κ3) is 2.74. The number of aromatic nitrogens is 1. The van der Waals surface area contributed by atoms with Crippen molar-refractivity contribution < 1.29 is 4.79 Å². The maximum Gasteiger partial charge on any atom is 0.261 e. The van der Waals surface area contributed by atoms with E-state index in [0.717, 1.165) is 41.7 Å². The van der Waals surface area contributed by atoms with Gasteiger partial charge < -0.3 is 9.88 Å². The van der Waals surface area contributed by atoms with Crippen LogP contribution in [0.1, 0.15) is 33.5 Å². The number of carbonyl (C=O) groups excluding carboxylic acids is 1. The number of para-hydroxylation sites is 1. The molecule has 3 aromatic rings. The zero-order chi connectivity index (χ0) is 17.6. The second kappa shape index (κ2) is 5.88. The van der Waals surface area contributed by atoms with Crippen LogP contribution in [0, 0.1) is 13.8 Å². The lowest BCUT2D eigenvalue weighted by molar-refractivity contribution is 0.102. The first-order chi connectivity index (χ1) is 12.0. The molecule has 2 heterocycles. The summed E-state index contributed by atoms with van der Waals surface area (Å²) in [5, 5.41) is 3.51. The number of carbonyl (C=O) groups is 1. The molecule has 1 aromatic heterocycles. The van der Waals surface area contributed by atoms with Crippen molar-refractivity contribution in [3.8, 4) is 0 Å². The molecule has 1 aliphatic rings. The van der Waals surface area contributed by atoms with Gasteiger partial charge in [0.15, 0.2) is 0 Å². The number of rotatable bonds is 2. The minimum Gasteiger partial charge on any atom is -0.346 e. The summed E-state index contributed by atoms with van der Waals surface area (Å²) in [6, 6.07) is 11.6. The van der Waals surface area contributed by atoms with Crippen molar-refractivity contribution in [1.29, 1.82) is 0 Å². The maximum atomic E-state index is 12.9. The fraction of sp³-hybridized carbons (Fsp3) is 0.238. The van der Waals surface area contributed by atoms with Crippen molar-refractivity contribution in [1.82, 2.24) is 4.57 Å². The van der Waals surface area contributed by atoms with E-state index in [1.165, 1.54) is 5.56 Å². The van der Waals surface area contributed by atoms with Crippen molar-refractivity contribution >= 4 is 22.5 Å². The SMILES string of the molecule is Cc1cc(C)cc(NC(=O)c2cn3c4c(cccc4c2=O)CCC3)c1. The van der Waals surface area contributed by atoms with Crippen LogP contribution in [-0.4, -0.2) is 10.5 Å². The third-order valence-electron chi connectivity index (χ3n) is 4.75. The summed E-state index contributed by atoms with van der Waals surface area (Å²) < 4.78 is 2.05. The summed E-state index contributed by atoms with van der Waals surface area (Å²) in [7, 11) is 0. The lowest BCUT2D eigenvalue weighted by Gasteiger charge is -2.20. The molecule has 1 amide bonds. The molecule has 4 rings (SSSR count). The summed E-state index contributed by atoms with van der Waals surface area (Å²) in [6.45, 7) is 4.80. The van der Waals surface area contributed by atoms with Gasteiger partial charge in [0.2, 0.25) is 5.43 Å². The monoisotopic (exact) mass is 332 g/mol. The molecule has 1 N–H and O–H groups in total. The highest BCUT2D eigenvalue weighted by molar-refractivity contribution is 6.06. The van der Waals surface area contributed by atoms with Crippen molar-refractivity contribution in [2.45, 2.75) is 33.2 Å². The highest BCUT2D eigenvalue weighted by Gasteiger charge is 2.19. The largest absolute Gasteiger partial charge is 0.346 e. The highest BCUT2D eigenvalue weighted by atomic mass is 16.2. The minimum absolute atomic E-state index is 0.197. The van der Waals surface area contributed by atoms with Gasteiger partial charge in [-0.2, -0.15) is 0 Å². The van der Waals surface area contributed by atoms with Gasteiger partial charge in [-0.1, -0.05) is 18.2 Å². The Bertz CT molecular complexity index is 1040. The van der Waals surface area contributed by atoms with Crippen molar-refractivity contribution in [2.24, 2.45) is 0 Å². The summed E-state index contributed by atoms with van der Waals surface area (Å²) in [6.07, 6.45) is 3.71. The van der Waals surface area contributed by atoms with Crippen molar-refractivity contribution in [2.75, 3.05) is 5.32 Å². The zero-order valence-electron chi connectivity index (χ0n) is 14.4. The second-order valence-corrected chi connectivity index (χ2v) is 6.81. The number of benzene rings is 2. The van der Waals surface area contributed by atoms with Gasteiger partial charge in [-0.05, 0) is 61.6 Å². The number of hydrogen-bond acceptors (Lipinski definition) is 2. The van der Waals surface area contributed by atoms with Gasteiger partial charge in [-0.15, -0.1) is 0 Å². The van der Waals surface area contributed by atoms with E-state index in [1.54, 1.807) is 6.20 Å². The van der Waals surface area contributed by atoms with Crippen LogP contribution in [0.25, 0.3) is 10.9 Å². The zero-order valence-corrected chi connectivity index (χ0v) is 14.4. The molecule has 4 heteroatoms. The first kappa shape index (κ1) is 15.6. The van der Waals surface area contributed by atoms with Gasteiger partial charge >= 0.3 is 0 Å². The van der Waals surface area contributed by atoms with E-state index in [0.29, 0.717) is 5.39 Å². The average Bonchev–Trinajstić information content (AvgIpc) is 2.57. The molecule has 126 valence electrons. The molecular formula is C21H20N2O2. The van der Waals surface area contributed by atoms with Gasteiger partial charge in [-0.25, -0.2) is 0 Å². The lowest BCUT2D eigenvalue weighted by atomic mass is 9.99. The molecule has 0 bridgehead atoms. The molecule has 0 saturated carbocycles. The molecule has 0 atom stereocenters. The second-order valence-electron chi connectivity index (χ2n) is 6.81. The number of nitrogens with zero attached hydrogens (tertiary/aromatic N) is 1. The molecule has 0 fully saturated rings. The molecule has 2 aromatic carbocycles. The van der Waals surface area contributed by atoms with E-state index < -0.39 is 0 Å². The summed E-state index contributed by atoms with van der Waals surface area (Å²) in [4.78, 5) is 25.6. The Kier molecular flexibility index (Phi) is 3.68. The van der Waals surface area contributed by atoms with E-state index in [-0.39, 0.29) is 16.9 Å². The van der Waals surface area contributed by atoms with Crippen LogP contribution in [0.3, 0.4) is 0 Å². The van der Waals surface area contributed by atoms with Crippen LogP contribution in [0.15, 0.2) is 47.4 Å². The number of nitrogens with one attached hydrogen (secondary N) is 1. The fourth-order valence-electron chi connectivity index (χ4n) is 3.76. The molecule has 0 aliphatic carbocycles. The van der Waals surface area contributed by atoms with Crippen LogP contribution in [0.2, 0.25) is 0 Å². The first-order valence-electron chi connectivity index (χ1n) is 8.57. The molecule has 4 nitrogen and oxygen atoms in total. The number of hydrogen-bond donors (Lipinski definition) is 1.